The number of hydrogen-bond acceptors (Lipinski definition) is 3. The van der Waals surface area contributed by atoms with E-state index in [0.29, 0.717) is 12.0 Å². The molecule has 6 rings (SSSR count). The van der Waals surface area contributed by atoms with E-state index < -0.39 is 0 Å². The van der Waals surface area contributed by atoms with Crippen molar-refractivity contribution < 1.29 is 4.79 Å². The topological polar surface area (TPSA) is 62.2 Å². The van der Waals surface area contributed by atoms with Crippen molar-refractivity contribution in [2.75, 3.05) is 25.0 Å². The lowest BCUT2D eigenvalue weighted by atomic mass is 9.95. The normalized spacial score (nSPS) is 22.0. The first-order chi connectivity index (χ1) is 13.3. The number of carbonyl (C=O) groups is 1. The van der Waals surface area contributed by atoms with Crippen LogP contribution in [0.3, 0.4) is 0 Å². The van der Waals surface area contributed by atoms with E-state index in [-0.39, 0.29) is 6.03 Å². The van der Waals surface area contributed by atoms with E-state index in [1.807, 2.05) is 53.7 Å². The number of fused-ring (bicyclic) bond motifs is 5. The van der Waals surface area contributed by atoms with Gasteiger partial charge in [0.05, 0.1) is 11.0 Å². The van der Waals surface area contributed by atoms with Gasteiger partial charge in [0.1, 0.15) is 6.33 Å². The molecule has 3 saturated heterocycles. The number of piperidine rings is 1. The number of nitrogens with zero attached hydrogens (tertiary/aromatic N) is 3. The van der Waals surface area contributed by atoms with Crippen LogP contribution in [-0.4, -0.2) is 46.2 Å². The van der Waals surface area contributed by atoms with Crippen LogP contribution in [0.25, 0.3) is 16.7 Å². The van der Waals surface area contributed by atoms with Crippen molar-refractivity contribution in [3.05, 3.63) is 54.9 Å². The van der Waals surface area contributed by atoms with Crippen molar-refractivity contribution >= 4 is 22.8 Å². The number of carbonyl (C=O) groups excluding carboxylic acids is 1. The molecule has 0 radical (unpaired) electrons. The lowest BCUT2D eigenvalue weighted by Crippen LogP contribution is -2.49. The summed E-state index contributed by atoms with van der Waals surface area (Å²) in [6.07, 6.45) is 4.14. The van der Waals surface area contributed by atoms with E-state index >= 15 is 0 Å². The molecule has 3 aromatic rings. The number of para-hydroxylation sites is 2. The van der Waals surface area contributed by atoms with E-state index in [1.54, 1.807) is 0 Å². The number of hydrogen-bond donors (Lipinski definition) is 2. The maximum atomic E-state index is 12.8. The summed E-state index contributed by atoms with van der Waals surface area (Å²) in [4.78, 5) is 19.2. The summed E-state index contributed by atoms with van der Waals surface area (Å²) < 4.78 is 2.06. The van der Waals surface area contributed by atoms with Crippen LogP contribution in [0.2, 0.25) is 0 Å². The Hall–Kier alpha value is -2.86. The summed E-state index contributed by atoms with van der Waals surface area (Å²) in [7, 11) is 0. The molecule has 2 bridgehead atoms. The molecule has 1 aromatic heterocycles. The molecule has 3 aliphatic rings. The van der Waals surface area contributed by atoms with E-state index in [1.165, 1.54) is 6.42 Å². The zero-order valence-electron chi connectivity index (χ0n) is 15.1. The Morgan fingerprint density at radius 3 is 2.81 bits per heavy atom. The number of aromatic nitrogens is 2. The van der Waals surface area contributed by atoms with Crippen LogP contribution in [0.4, 0.5) is 10.5 Å². The number of amides is 2. The Balaban J connectivity index is 1.33. The molecular weight excluding hydrogens is 338 g/mol. The van der Waals surface area contributed by atoms with Gasteiger partial charge in [-0.25, -0.2) is 9.78 Å². The van der Waals surface area contributed by atoms with Crippen LogP contribution in [-0.2, 0) is 0 Å². The minimum Gasteiger partial charge on any atom is -0.320 e. The van der Waals surface area contributed by atoms with E-state index in [2.05, 4.69) is 26.3 Å². The second-order valence-electron chi connectivity index (χ2n) is 7.49. The zero-order valence-corrected chi connectivity index (χ0v) is 15.1. The number of anilines is 1. The van der Waals surface area contributed by atoms with Crippen molar-refractivity contribution in [3.8, 4) is 5.69 Å². The lowest BCUT2D eigenvalue weighted by molar-refractivity contribution is 0.153. The third kappa shape index (κ3) is 3.06. The fourth-order valence-corrected chi connectivity index (χ4v) is 4.25. The van der Waals surface area contributed by atoms with Crippen molar-refractivity contribution in [1.29, 1.82) is 0 Å². The number of benzene rings is 2. The number of nitrogens with one attached hydrogen (secondary N) is 2. The van der Waals surface area contributed by atoms with Crippen LogP contribution in [0.5, 0.6) is 0 Å². The molecule has 2 unspecified atom stereocenters. The van der Waals surface area contributed by atoms with Gasteiger partial charge in [0.15, 0.2) is 0 Å². The SMILES string of the molecule is O=C(Nc1ccc(-n2cnc3ccccc32)cc1)N1CC2CCC1CNC2. The molecule has 4 heterocycles. The Kier molecular flexibility index (Phi) is 4.05. The standard InChI is InChI=1S/C21H23N5O/c27-21(25-13-15-5-8-18(25)12-22-11-15)24-16-6-9-17(10-7-16)26-14-23-19-3-1-2-4-20(19)26/h1-4,6-7,9-10,14-15,18,22H,5,8,11-13H2,(H,24,27). The van der Waals surface area contributed by atoms with Crippen LogP contribution in [0, 0.1) is 5.92 Å². The molecule has 2 N–H and O–H groups in total. The van der Waals surface area contributed by atoms with Gasteiger partial charge in [-0.15, -0.1) is 0 Å². The fraction of sp³-hybridized carbons (Fsp3) is 0.333. The highest BCUT2D eigenvalue weighted by atomic mass is 16.2. The second-order valence-corrected chi connectivity index (χ2v) is 7.49. The van der Waals surface area contributed by atoms with Gasteiger partial charge in [-0.1, -0.05) is 12.1 Å². The zero-order chi connectivity index (χ0) is 18.2. The van der Waals surface area contributed by atoms with Crippen molar-refractivity contribution in [2.24, 2.45) is 5.92 Å². The minimum atomic E-state index is 0.00855. The lowest BCUT2D eigenvalue weighted by Gasteiger charge is -2.36. The molecule has 0 spiro atoms. The Morgan fingerprint density at radius 1 is 1.07 bits per heavy atom. The van der Waals surface area contributed by atoms with Gasteiger partial charge in [-0.3, -0.25) is 4.57 Å². The van der Waals surface area contributed by atoms with Gasteiger partial charge in [-0.2, -0.15) is 0 Å². The van der Waals surface area contributed by atoms with Crippen LogP contribution in [0.1, 0.15) is 12.8 Å². The largest absolute Gasteiger partial charge is 0.322 e. The maximum absolute atomic E-state index is 12.8. The average molecular weight is 361 g/mol. The Morgan fingerprint density at radius 2 is 1.93 bits per heavy atom. The molecule has 2 atom stereocenters. The predicted molar refractivity (Wildman–Crippen MR) is 106 cm³/mol. The monoisotopic (exact) mass is 361 g/mol. The van der Waals surface area contributed by atoms with E-state index in [9.17, 15) is 4.79 Å². The molecule has 6 nitrogen and oxygen atoms in total. The minimum absolute atomic E-state index is 0.00855. The first-order valence-electron chi connectivity index (χ1n) is 9.59. The quantitative estimate of drug-likeness (QED) is 0.737. The van der Waals surface area contributed by atoms with Gasteiger partial charge < -0.3 is 15.5 Å². The smallest absolute Gasteiger partial charge is 0.320 e. The Labute approximate surface area is 158 Å². The van der Waals surface area contributed by atoms with Crippen molar-refractivity contribution in [3.63, 3.8) is 0 Å². The Bertz CT molecular complexity index is 960. The first kappa shape index (κ1) is 16.3. The summed E-state index contributed by atoms with van der Waals surface area (Å²) in [5, 5.41) is 6.53. The molecule has 2 aromatic carbocycles. The molecule has 6 heteroatoms. The summed E-state index contributed by atoms with van der Waals surface area (Å²) in [5.41, 5.74) is 3.89. The third-order valence-corrected chi connectivity index (χ3v) is 5.73. The fourth-order valence-electron chi connectivity index (χ4n) is 4.25. The van der Waals surface area contributed by atoms with E-state index in [0.717, 1.165) is 48.5 Å². The van der Waals surface area contributed by atoms with Crippen molar-refractivity contribution in [2.45, 2.75) is 18.9 Å². The number of rotatable bonds is 2. The summed E-state index contributed by atoms with van der Waals surface area (Å²) in [6, 6.07) is 16.3. The van der Waals surface area contributed by atoms with Gasteiger partial charge in [-0.05, 0) is 61.7 Å². The number of imidazole rings is 1. The highest BCUT2D eigenvalue weighted by Gasteiger charge is 2.34. The third-order valence-electron chi connectivity index (χ3n) is 5.73. The summed E-state index contributed by atoms with van der Waals surface area (Å²) in [6.45, 7) is 2.77. The molecule has 2 amide bonds. The average Bonchev–Trinajstić information content (AvgIpc) is 2.86. The van der Waals surface area contributed by atoms with Gasteiger partial charge in [0, 0.05) is 30.5 Å². The van der Waals surface area contributed by atoms with Gasteiger partial charge in [0.25, 0.3) is 0 Å². The maximum Gasteiger partial charge on any atom is 0.322 e. The van der Waals surface area contributed by atoms with Crippen LogP contribution < -0.4 is 10.6 Å². The highest BCUT2D eigenvalue weighted by molar-refractivity contribution is 5.90. The molecule has 0 saturated carbocycles. The molecule has 3 fully saturated rings. The molecular formula is C21H23N5O. The van der Waals surface area contributed by atoms with Crippen LogP contribution >= 0.6 is 0 Å². The second kappa shape index (κ2) is 6.70. The van der Waals surface area contributed by atoms with Crippen LogP contribution in [0.15, 0.2) is 54.9 Å². The predicted octanol–water partition coefficient (Wildman–Crippen LogP) is 3.24. The van der Waals surface area contributed by atoms with E-state index in [4.69, 9.17) is 0 Å². The van der Waals surface area contributed by atoms with Gasteiger partial charge in [0.2, 0.25) is 0 Å². The number of urea groups is 1. The summed E-state index contributed by atoms with van der Waals surface area (Å²) in [5.74, 6) is 0.575. The summed E-state index contributed by atoms with van der Waals surface area (Å²) >= 11 is 0. The van der Waals surface area contributed by atoms with Crippen molar-refractivity contribution in [1.82, 2.24) is 19.8 Å². The first-order valence-corrected chi connectivity index (χ1v) is 9.59. The van der Waals surface area contributed by atoms with Gasteiger partial charge >= 0.3 is 6.03 Å². The highest BCUT2D eigenvalue weighted by Crippen LogP contribution is 2.25. The molecule has 0 aliphatic carbocycles. The molecule has 138 valence electrons. The molecule has 27 heavy (non-hydrogen) atoms. The molecule has 3 aliphatic heterocycles.